The van der Waals surface area contributed by atoms with E-state index in [0.717, 1.165) is 18.0 Å². The maximum absolute atomic E-state index is 5.68. The Bertz CT molecular complexity index is 485. The molecule has 4 heteroatoms. The monoisotopic (exact) mass is 260 g/mol. The lowest BCUT2D eigenvalue weighted by atomic mass is 9.75. The van der Waals surface area contributed by atoms with Crippen molar-refractivity contribution in [1.82, 2.24) is 5.32 Å². The third kappa shape index (κ3) is 1.94. The quantitative estimate of drug-likeness (QED) is 0.832. The normalized spacial score (nSPS) is 24.1. The van der Waals surface area contributed by atoms with Crippen molar-refractivity contribution in [3.63, 3.8) is 0 Å². The summed E-state index contributed by atoms with van der Waals surface area (Å²) < 4.78 is 11.3. The highest BCUT2D eigenvalue weighted by molar-refractivity contribution is 5.57. The van der Waals surface area contributed by atoms with Gasteiger partial charge in [-0.3, -0.25) is 0 Å². The molecule has 0 atom stereocenters. The van der Waals surface area contributed by atoms with Gasteiger partial charge in [-0.2, -0.15) is 0 Å². The second kappa shape index (κ2) is 4.30. The lowest BCUT2D eigenvalue weighted by molar-refractivity contribution is 0.138. The fourth-order valence-corrected chi connectivity index (χ4v) is 3.42. The van der Waals surface area contributed by atoms with Crippen molar-refractivity contribution in [2.24, 2.45) is 5.41 Å². The second-order valence-corrected chi connectivity index (χ2v) is 5.96. The van der Waals surface area contributed by atoms with Crippen LogP contribution in [0.3, 0.4) is 0 Å². The van der Waals surface area contributed by atoms with Crippen molar-refractivity contribution >= 4 is 5.69 Å². The average molecular weight is 260 g/mol. The first-order chi connectivity index (χ1) is 9.35. The van der Waals surface area contributed by atoms with Crippen LogP contribution >= 0.6 is 0 Å². The average Bonchev–Trinajstić information content (AvgIpc) is 2.45. The summed E-state index contributed by atoms with van der Waals surface area (Å²) in [5, 5.41) is 3.42. The van der Waals surface area contributed by atoms with Crippen LogP contribution < -0.4 is 19.7 Å². The van der Waals surface area contributed by atoms with Crippen LogP contribution in [0, 0.1) is 5.41 Å². The van der Waals surface area contributed by atoms with E-state index in [1.165, 1.54) is 38.2 Å². The number of rotatable bonds is 1. The minimum Gasteiger partial charge on any atom is -0.486 e. The van der Waals surface area contributed by atoms with E-state index in [9.17, 15) is 0 Å². The van der Waals surface area contributed by atoms with Crippen molar-refractivity contribution in [3.05, 3.63) is 18.2 Å². The minimum absolute atomic E-state index is 0.519. The third-order valence-electron chi connectivity index (χ3n) is 4.55. The standard InChI is InChI=1S/C15H20N2O2/c1-4-15(9-16-10-15)11-17(5-1)12-2-3-13-14(8-12)19-7-6-18-13/h2-3,8,16H,1,4-7,9-11H2. The van der Waals surface area contributed by atoms with Crippen LogP contribution in [0.25, 0.3) is 0 Å². The third-order valence-corrected chi connectivity index (χ3v) is 4.55. The first kappa shape index (κ1) is 11.4. The van der Waals surface area contributed by atoms with E-state index in [4.69, 9.17) is 9.47 Å². The Balaban J connectivity index is 1.58. The van der Waals surface area contributed by atoms with Crippen molar-refractivity contribution < 1.29 is 9.47 Å². The molecular formula is C15H20N2O2. The Morgan fingerprint density at radius 1 is 1.11 bits per heavy atom. The number of hydrogen-bond donors (Lipinski definition) is 1. The molecule has 3 heterocycles. The summed E-state index contributed by atoms with van der Waals surface area (Å²) >= 11 is 0. The lowest BCUT2D eigenvalue weighted by Gasteiger charge is -2.50. The van der Waals surface area contributed by atoms with Gasteiger partial charge in [0.05, 0.1) is 0 Å². The SMILES string of the molecule is c1cc2c(cc1N1CCCC3(CNC3)C1)OCCO2. The largest absolute Gasteiger partial charge is 0.486 e. The zero-order chi connectivity index (χ0) is 12.7. The number of hydrogen-bond acceptors (Lipinski definition) is 4. The summed E-state index contributed by atoms with van der Waals surface area (Å²) in [5.74, 6) is 1.78. The Hall–Kier alpha value is -1.42. The maximum atomic E-state index is 5.68. The number of anilines is 1. The molecule has 0 bridgehead atoms. The number of nitrogens with zero attached hydrogens (tertiary/aromatic N) is 1. The summed E-state index contributed by atoms with van der Waals surface area (Å²) in [7, 11) is 0. The van der Waals surface area contributed by atoms with E-state index >= 15 is 0 Å². The molecule has 2 saturated heterocycles. The molecule has 1 aromatic rings. The molecule has 3 aliphatic heterocycles. The molecule has 0 radical (unpaired) electrons. The molecule has 1 aromatic carbocycles. The molecule has 0 aromatic heterocycles. The van der Waals surface area contributed by atoms with Crippen molar-refractivity contribution in [2.45, 2.75) is 12.8 Å². The fourth-order valence-electron chi connectivity index (χ4n) is 3.42. The van der Waals surface area contributed by atoms with Gasteiger partial charge in [-0.15, -0.1) is 0 Å². The lowest BCUT2D eigenvalue weighted by Crippen LogP contribution is -2.61. The smallest absolute Gasteiger partial charge is 0.163 e. The number of fused-ring (bicyclic) bond motifs is 1. The van der Waals surface area contributed by atoms with E-state index in [1.807, 2.05) is 6.07 Å². The molecule has 0 unspecified atom stereocenters. The molecule has 2 fully saturated rings. The van der Waals surface area contributed by atoms with Crippen LogP contribution in [0.5, 0.6) is 11.5 Å². The molecule has 0 saturated carbocycles. The molecule has 0 amide bonds. The molecule has 4 rings (SSSR count). The van der Waals surface area contributed by atoms with Gasteiger partial charge in [-0.1, -0.05) is 0 Å². The molecule has 3 aliphatic rings. The molecule has 0 aliphatic carbocycles. The zero-order valence-electron chi connectivity index (χ0n) is 11.2. The number of nitrogens with one attached hydrogen (secondary N) is 1. The van der Waals surface area contributed by atoms with Gasteiger partial charge in [-0.25, -0.2) is 0 Å². The highest BCUT2D eigenvalue weighted by Crippen LogP contribution is 2.39. The van der Waals surface area contributed by atoms with E-state index in [1.54, 1.807) is 0 Å². The first-order valence-corrected chi connectivity index (χ1v) is 7.20. The topological polar surface area (TPSA) is 33.7 Å². The Morgan fingerprint density at radius 3 is 2.74 bits per heavy atom. The summed E-state index contributed by atoms with van der Waals surface area (Å²) in [5.41, 5.74) is 1.79. The molecule has 4 nitrogen and oxygen atoms in total. The van der Waals surface area contributed by atoms with Crippen LogP contribution in [-0.2, 0) is 0 Å². The van der Waals surface area contributed by atoms with Crippen LogP contribution in [-0.4, -0.2) is 39.4 Å². The van der Waals surface area contributed by atoms with Crippen molar-refractivity contribution in [1.29, 1.82) is 0 Å². The van der Waals surface area contributed by atoms with Gasteiger partial charge in [0, 0.05) is 43.3 Å². The van der Waals surface area contributed by atoms with Gasteiger partial charge in [0.25, 0.3) is 0 Å². The zero-order valence-corrected chi connectivity index (χ0v) is 11.2. The van der Waals surface area contributed by atoms with Gasteiger partial charge >= 0.3 is 0 Å². The minimum atomic E-state index is 0.519. The molecule has 102 valence electrons. The molecule has 19 heavy (non-hydrogen) atoms. The van der Waals surface area contributed by atoms with E-state index in [2.05, 4.69) is 22.3 Å². The molecular weight excluding hydrogens is 240 g/mol. The van der Waals surface area contributed by atoms with Crippen LogP contribution in [0.15, 0.2) is 18.2 Å². The molecule has 1 N–H and O–H groups in total. The van der Waals surface area contributed by atoms with E-state index in [0.29, 0.717) is 18.6 Å². The predicted molar refractivity (Wildman–Crippen MR) is 74.2 cm³/mol. The van der Waals surface area contributed by atoms with Crippen molar-refractivity contribution in [2.75, 3.05) is 44.3 Å². The summed E-state index contributed by atoms with van der Waals surface area (Å²) in [6.07, 6.45) is 2.65. The Kier molecular flexibility index (Phi) is 2.58. The summed E-state index contributed by atoms with van der Waals surface area (Å²) in [4.78, 5) is 2.50. The first-order valence-electron chi connectivity index (χ1n) is 7.20. The number of piperidine rings is 1. The maximum Gasteiger partial charge on any atom is 0.163 e. The second-order valence-electron chi connectivity index (χ2n) is 5.96. The van der Waals surface area contributed by atoms with Crippen LogP contribution in [0.2, 0.25) is 0 Å². The Labute approximate surface area is 113 Å². The Morgan fingerprint density at radius 2 is 1.95 bits per heavy atom. The van der Waals surface area contributed by atoms with E-state index in [-0.39, 0.29) is 0 Å². The van der Waals surface area contributed by atoms with Gasteiger partial charge < -0.3 is 19.7 Å². The fraction of sp³-hybridized carbons (Fsp3) is 0.600. The van der Waals surface area contributed by atoms with Gasteiger partial charge in [0.2, 0.25) is 0 Å². The van der Waals surface area contributed by atoms with Crippen molar-refractivity contribution in [3.8, 4) is 11.5 Å². The number of ether oxygens (including phenoxy) is 2. The molecule has 1 spiro atoms. The van der Waals surface area contributed by atoms with Gasteiger partial charge in [0.1, 0.15) is 13.2 Å². The van der Waals surface area contributed by atoms with Gasteiger partial charge in [-0.05, 0) is 25.0 Å². The van der Waals surface area contributed by atoms with Crippen LogP contribution in [0.1, 0.15) is 12.8 Å². The highest BCUT2D eigenvalue weighted by Gasteiger charge is 2.40. The summed E-state index contributed by atoms with van der Waals surface area (Å²) in [6, 6.07) is 6.35. The van der Waals surface area contributed by atoms with Gasteiger partial charge in [0.15, 0.2) is 11.5 Å². The predicted octanol–water partition coefficient (Wildman–Crippen LogP) is 1.65. The summed E-state index contributed by atoms with van der Waals surface area (Å²) in [6.45, 7) is 5.98. The van der Waals surface area contributed by atoms with Crippen LogP contribution in [0.4, 0.5) is 5.69 Å². The highest BCUT2D eigenvalue weighted by atomic mass is 16.6. The van der Waals surface area contributed by atoms with E-state index < -0.39 is 0 Å². The number of benzene rings is 1.